The molecule has 0 aromatic carbocycles. The molecule has 1 aromatic heterocycles. The summed E-state index contributed by atoms with van der Waals surface area (Å²) in [6.45, 7) is 2.07. The number of aromatic nitrogens is 1. The minimum Gasteiger partial charge on any atom is -0.323 e. The van der Waals surface area contributed by atoms with Crippen LogP contribution in [0.5, 0.6) is 0 Å². The lowest BCUT2D eigenvalue weighted by Crippen LogP contribution is -2.11. The minimum atomic E-state index is -0.0510. The van der Waals surface area contributed by atoms with Crippen LogP contribution in [0.1, 0.15) is 41.9 Å². The summed E-state index contributed by atoms with van der Waals surface area (Å²) < 4.78 is 0. The topological polar surface area (TPSA) is 56.0 Å². The maximum Gasteiger partial charge on any atom is 0.150 e. The lowest BCUT2D eigenvalue weighted by Gasteiger charge is -2.09. The van der Waals surface area contributed by atoms with Crippen molar-refractivity contribution in [2.24, 2.45) is 5.73 Å². The van der Waals surface area contributed by atoms with E-state index in [1.165, 1.54) is 0 Å². The van der Waals surface area contributed by atoms with Gasteiger partial charge in [0.1, 0.15) is 6.29 Å². The van der Waals surface area contributed by atoms with Crippen LogP contribution in [-0.2, 0) is 0 Å². The molecule has 1 aromatic rings. The average molecular weight is 178 g/mol. The van der Waals surface area contributed by atoms with Gasteiger partial charge in [0.25, 0.3) is 0 Å². The molecule has 0 spiro atoms. The summed E-state index contributed by atoms with van der Waals surface area (Å²) in [7, 11) is 0. The Morgan fingerprint density at radius 3 is 3.08 bits per heavy atom. The standard InChI is InChI=1S/C10H14N2O/c1-2-3-9(11)10-6-8(7-13)4-5-12-10/h4-7,9H,2-3,11H2,1H3/t9-/m0/s1. The van der Waals surface area contributed by atoms with E-state index in [2.05, 4.69) is 11.9 Å². The second-order valence-electron chi connectivity index (χ2n) is 3.03. The van der Waals surface area contributed by atoms with Crippen molar-refractivity contribution >= 4 is 6.29 Å². The van der Waals surface area contributed by atoms with Crippen molar-refractivity contribution in [3.05, 3.63) is 29.6 Å². The number of pyridine rings is 1. The summed E-state index contributed by atoms with van der Waals surface area (Å²) in [5, 5.41) is 0. The van der Waals surface area contributed by atoms with Crippen molar-refractivity contribution in [1.82, 2.24) is 4.98 Å². The molecule has 1 atom stereocenters. The molecule has 0 unspecified atom stereocenters. The maximum atomic E-state index is 10.5. The maximum absolute atomic E-state index is 10.5. The van der Waals surface area contributed by atoms with Gasteiger partial charge in [-0.25, -0.2) is 0 Å². The SMILES string of the molecule is CCC[C@H](N)c1cc(C=O)ccn1. The van der Waals surface area contributed by atoms with E-state index in [-0.39, 0.29) is 6.04 Å². The van der Waals surface area contributed by atoms with Crippen molar-refractivity contribution in [1.29, 1.82) is 0 Å². The van der Waals surface area contributed by atoms with Crippen LogP contribution in [0, 0.1) is 0 Å². The largest absolute Gasteiger partial charge is 0.323 e. The zero-order valence-electron chi connectivity index (χ0n) is 7.73. The molecule has 0 aliphatic heterocycles. The number of carbonyl (C=O) groups excluding carboxylic acids is 1. The first kappa shape index (κ1) is 9.86. The molecule has 0 bridgehead atoms. The van der Waals surface area contributed by atoms with Crippen LogP contribution in [0.3, 0.4) is 0 Å². The Balaban J connectivity index is 2.81. The minimum absolute atomic E-state index is 0.0510. The van der Waals surface area contributed by atoms with Crippen LogP contribution in [0.15, 0.2) is 18.3 Å². The zero-order valence-corrected chi connectivity index (χ0v) is 7.73. The summed E-state index contributed by atoms with van der Waals surface area (Å²) in [4.78, 5) is 14.6. The highest BCUT2D eigenvalue weighted by Gasteiger charge is 2.05. The first-order valence-electron chi connectivity index (χ1n) is 4.44. The van der Waals surface area contributed by atoms with Gasteiger partial charge in [0.05, 0.1) is 5.69 Å². The Hall–Kier alpha value is -1.22. The Morgan fingerprint density at radius 1 is 1.69 bits per heavy atom. The van der Waals surface area contributed by atoms with E-state index in [1.807, 2.05) is 0 Å². The predicted molar refractivity (Wildman–Crippen MR) is 51.5 cm³/mol. The number of carbonyl (C=O) groups is 1. The van der Waals surface area contributed by atoms with E-state index in [0.717, 1.165) is 24.8 Å². The van der Waals surface area contributed by atoms with E-state index in [0.29, 0.717) is 5.56 Å². The molecule has 0 aliphatic carbocycles. The highest BCUT2D eigenvalue weighted by molar-refractivity contribution is 5.74. The van der Waals surface area contributed by atoms with Gasteiger partial charge in [-0.3, -0.25) is 9.78 Å². The fourth-order valence-corrected chi connectivity index (χ4v) is 1.20. The summed E-state index contributed by atoms with van der Waals surface area (Å²) in [6.07, 6.45) is 4.35. The average Bonchev–Trinajstić information content (AvgIpc) is 2.18. The van der Waals surface area contributed by atoms with Gasteiger partial charge in [0.2, 0.25) is 0 Å². The molecule has 2 N–H and O–H groups in total. The molecule has 0 amide bonds. The molecule has 1 heterocycles. The van der Waals surface area contributed by atoms with Gasteiger partial charge in [-0.05, 0) is 18.6 Å². The third-order valence-electron chi connectivity index (χ3n) is 1.92. The van der Waals surface area contributed by atoms with Gasteiger partial charge in [-0.15, -0.1) is 0 Å². The fourth-order valence-electron chi connectivity index (χ4n) is 1.20. The molecule has 0 saturated heterocycles. The van der Waals surface area contributed by atoms with E-state index >= 15 is 0 Å². The van der Waals surface area contributed by atoms with Crippen LogP contribution in [0.4, 0.5) is 0 Å². The third-order valence-corrected chi connectivity index (χ3v) is 1.92. The van der Waals surface area contributed by atoms with Crippen LogP contribution >= 0.6 is 0 Å². The first-order valence-corrected chi connectivity index (χ1v) is 4.44. The molecule has 0 radical (unpaired) electrons. The Kier molecular flexibility index (Phi) is 3.58. The summed E-state index contributed by atoms with van der Waals surface area (Å²) >= 11 is 0. The van der Waals surface area contributed by atoms with Crippen molar-refractivity contribution in [3.8, 4) is 0 Å². The number of hydrogen-bond donors (Lipinski definition) is 1. The van der Waals surface area contributed by atoms with Gasteiger partial charge < -0.3 is 5.73 Å². The molecular weight excluding hydrogens is 164 g/mol. The lowest BCUT2D eigenvalue weighted by atomic mass is 10.1. The molecule has 1 rings (SSSR count). The van der Waals surface area contributed by atoms with Crippen molar-refractivity contribution in [2.75, 3.05) is 0 Å². The van der Waals surface area contributed by atoms with Gasteiger partial charge in [0.15, 0.2) is 0 Å². The van der Waals surface area contributed by atoms with Gasteiger partial charge in [0, 0.05) is 17.8 Å². The normalized spacial score (nSPS) is 12.5. The summed E-state index contributed by atoms with van der Waals surface area (Å²) in [6, 6.07) is 3.37. The van der Waals surface area contributed by atoms with E-state index in [1.54, 1.807) is 18.3 Å². The van der Waals surface area contributed by atoms with Crippen LogP contribution in [0.2, 0.25) is 0 Å². The quantitative estimate of drug-likeness (QED) is 0.714. The van der Waals surface area contributed by atoms with Crippen molar-refractivity contribution in [2.45, 2.75) is 25.8 Å². The van der Waals surface area contributed by atoms with Crippen molar-refractivity contribution < 1.29 is 4.79 Å². The van der Waals surface area contributed by atoms with E-state index in [9.17, 15) is 4.79 Å². The molecule has 0 aliphatic rings. The zero-order chi connectivity index (χ0) is 9.68. The highest BCUT2D eigenvalue weighted by Crippen LogP contribution is 2.13. The second kappa shape index (κ2) is 4.72. The van der Waals surface area contributed by atoms with Crippen molar-refractivity contribution in [3.63, 3.8) is 0 Å². The predicted octanol–water partition coefficient (Wildman–Crippen LogP) is 1.69. The monoisotopic (exact) mass is 178 g/mol. The van der Waals surface area contributed by atoms with Crippen LogP contribution < -0.4 is 5.73 Å². The number of hydrogen-bond acceptors (Lipinski definition) is 3. The fraction of sp³-hybridized carbons (Fsp3) is 0.400. The number of aldehydes is 1. The molecular formula is C10H14N2O. The van der Waals surface area contributed by atoms with E-state index in [4.69, 9.17) is 5.73 Å². The Labute approximate surface area is 78.0 Å². The molecule has 0 fully saturated rings. The summed E-state index contributed by atoms with van der Waals surface area (Å²) in [5.74, 6) is 0. The molecule has 3 nitrogen and oxygen atoms in total. The number of nitrogens with two attached hydrogens (primary N) is 1. The molecule has 13 heavy (non-hydrogen) atoms. The van der Waals surface area contributed by atoms with Gasteiger partial charge in [-0.2, -0.15) is 0 Å². The van der Waals surface area contributed by atoms with Crippen LogP contribution in [0.25, 0.3) is 0 Å². The van der Waals surface area contributed by atoms with E-state index < -0.39 is 0 Å². The Morgan fingerprint density at radius 2 is 2.46 bits per heavy atom. The Bertz CT molecular complexity index is 286. The highest BCUT2D eigenvalue weighted by atomic mass is 16.1. The number of rotatable bonds is 4. The third kappa shape index (κ3) is 2.63. The first-order chi connectivity index (χ1) is 6.27. The second-order valence-corrected chi connectivity index (χ2v) is 3.03. The number of nitrogens with zero attached hydrogens (tertiary/aromatic N) is 1. The molecule has 70 valence electrons. The van der Waals surface area contributed by atoms with Gasteiger partial charge >= 0.3 is 0 Å². The van der Waals surface area contributed by atoms with Gasteiger partial charge in [-0.1, -0.05) is 13.3 Å². The summed E-state index contributed by atoms with van der Waals surface area (Å²) in [5.41, 5.74) is 7.28. The lowest BCUT2D eigenvalue weighted by molar-refractivity contribution is 0.112. The van der Waals surface area contributed by atoms with Crippen LogP contribution in [-0.4, -0.2) is 11.3 Å². The molecule has 0 saturated carbocycles. The smallest absolute Gasteiger partial charge is 0.150 e. The molecule has 3 heteroatoms.